The van der Waals surface area contributed by atoms with Crippen LogP contribution < -0.4 is 0 Å². The molecule has 20 heavy (non-hydrogen) atoms. The summed E-state index contributed by atoms with van der Waals surface area (Å²) in [5.74, 6) is -2.78. The van der Waals surface area contributed by atoms with Gasteiger partial charge < -0.3 is 14.3 Å². The topological polar surface area (TPSA) is 59.7 Å². The minimum Gasteiger partial charge on any atom is -0.463 e. The van der Waals surface area contributed by atoms with Gasteiger partial charge in [0.25, 0.3) is 0 Å². The van der Waals surface area contributed by atoms with Crippen LogP contribution in [0, 0.1) is 11.6 Å². The van der Waals surface area contributed by atoms with Crippen LogP contribution in [0.4, 0.5) is 8.78 Å². The molecule has 1 unspecified atom stereocenters. The molecule has 0 amide bonds. The Kier molecular flexibility index (Phi) is 4.06. The van der Waals surface area contributed by atoms with Gasteiger partial charge in [-0.05, 0) is 24.3 Å². The molecule has 7 heteroatoms. The van der Waals surface area contributed by atoms with Crippen molar-refractivity contribution >= 4 is 17.6 Å². The highest BCUT2D eigenvalue weighted by Gasteiger charge is 2.22. The molecule has 0 aliphatic heterocycles. The number of aliphatic hydroxyl groups excluding tert-OH is 1. The molecule has 0 radical (unpaired) electrons. The summed E-state index contributed by atoms with van der Waals surface area (Å²) < 4.78 is 36.4. The Bertz CT molecular complexity index is 654. The van der Waals surface area contributed by atoms with Crippen LogP contribution in [0.5, 0.6) is 0 Å². The summed E-state index contributed by atoms with van der Waals surface area (Å²) >= 11 is 5.42. The number of ether oxygens (including phenoxy) is 1. The second kappa shape index (κ2) is 5.60. The highest BCUT2D eigenvalue weighted by atomic mass is 35.5. The smallest absolute Gasteiger partial charge is 0.373 e. The van der Waals surface area contributed by atoms with Crippen molar-refractivity contribution in [3.8, 4) is 0 Å². The van der Waals surface area contributed by atoms with Gasteiger partial charge in [0.1, 0.15) is 23.5 Å². The maximum atomic E-state index is 13.7. The molecule has 0 aliphatic rings. The fraction of sp³-hybridized carbons (Fsp3) is 0.154. The zero-order valence-electron chi connectivity index (χ0n) is 10.2. The maximum Gasteiger partial charge on any atom is 0.373 e. The minimum atomic E-state index is -1.57. The first kappa shape index (κ1) is 14.5. The Hall–Kier alpha value is -1.92. The van der Waals surface area contributed by atoms with E-state index in [4.69, 9.17) is 16.0 Å². The highest BCUT2D eigenvalue weighted by Crippen LogP contribution is 2.29. The van der Waals surface area contributed by atoms with E-state index < -0.39 is 28.7 Å². The van der Waals surface area contributed by atoms with E-state index in [2.05, 4.69) is 4.74 Å². The van der Waals surface area contributed by atoms with Gasteiger partial charge in [-0.15, -0.1) is 0 Å². The summed E-state index contributed by atoms with van der Waals surface area (Å²) in [4.78, 5) is 11.2. The number of methoxy groups -OCH3 is 1. The van der Waals surface area contributed by atoms with Crippen LogP contribution in [0.3, 0.4) is 0 Å². The van der Waals surface area contributed by atoms with Crippen molar-refractivity contribution in [2.24, 2.45) is 0 Å². The number of aliphatic hydroxyl groups is 1. The lowest BCUT2D eigenvalue weighted by Gasteiger charge is -2.10. The largest absolute Gasteiger partial charge is 0.463 e. The standard InChI is InChI=1S/C13H9ClF2O4/c1-19-13(18)11-3-2-10(20-11)12(17)6-4-9(16)7(14)5-8(6)15/h2-5,12,17H,1H3. The van der Waals surface area contributed by atoms with Gasteiger partial charge in [-0.2, -0.15) is 0 Å². The van der Waals surface area contributed by atoms with Crippen molar-refractivity contribution in [1.29, 1.82) is 0 Å². The molecule has 4 nitrogen and oxygen atoms in total. The normalized spacial score (nSPS) is 12.2. The maximum absolute atomic E-state index is 13.7. The van der Waals surface area contributed by atoms with Crippen LogP contribution in [0.1, 0.15) is 28.0 Å². The quantitative estimate of drug-likeness (QED) is 0.699. The van der Waals surface area contributed by atoms with Crippen molar-refractivity contribution in [2.45, 2.75) is 6.10 Å². The molecule has 1 aromatic heterocycles. The molecule has 0 spiro atoms. The van der Waals surface area contributed by atoms with E-state index >= 15 is 0 Å². The Morgan fingerprint density at radius 1 is 1.35 bits per heavy atom. The predicted molar refractivity (Wildman–Crippen MR) is 65.5 cm³/mol. The summed E-state index contributed by atoms with van der Waals surface area (Å²) in [6.45, 7) is 0. The SMILES string of the molecule is COC(=O)c1ccc(C(O)c2cc(F)c(Cl)cc2F)o1. The van der Waals surface area contributed by atoms with Crippen molar-refractivity contribution in [1.82, 2.24) is 0 Å². The molecule has 1 atom stereocenters. The van der Waals surface area contributed by atoms with Gasteiger partial charge in [0.05, 0.1) is 12.1 Å². The lowest BCUT2D eigenvalue weighted by Crippen LogP contribution is -2.03. The van der Waals surface area contributed by atoms with E-state index in [9.17, 15) is 18.7 Å². The molecule has 2 rings (SSSR count). The third-order valence-electron chi connectivity index (χ3n) is 2.62. The second-order valence-electron chi connectivity index (χ2n) is 3.88. The van der Waals surface area contributed by atoms with Crippen molar-refractivity contribution in [3.63, 3.8) is 0 Å². The Morgan fingerprint density at radius 2 is 2.05 bits per heavy atom. The molecule has 0 bridgehead atoms. The summed E-state index contributed by atoms with van der Waals surface area (Å²) in [6, 6.07) is 4.04. The molecule has 1 heterocycles. The van der Waals surface area contributed by atoms with E-state index in [-0.39, 0.29) is 17.1 Å². The van der Waals surface area contributed by atoms with Crippen molar-refractivity contribution in [3.05, 3.63) is 58.0 Å². The van der Waals surface area contributed by atoms with Crippen LogP contribution >= 0.6 is 11.6 Å². The predicted octanol–water partition coefficient (Wildman–Crippen LogP) is 3.08. The molecule has 0 fully saturated rings. The zero-order chi connectivity index (χ0) is 14.9. The van der Waals surface area contributed by atoms with Gasteiger partial charge in [-0.1, -0.05) is 11.6 Å². The number of hydrogen-bond donors (Lipinski definition) is 1. The average molecular weight is 303 g/mol. The molecule has 2 aromatic rings. The number of furan rings is 1. The molecule has 0 aliphatic carbocycles. The van der Waals surface area contributed by atoms with Gasteiger partial charge in [0, 0.05) is 5.56 Å². The number of esters is 1. The van der Waals surface area contributed by atoms with E-state index in [1.54, 1.807) is 0 Å². The summed E-state index contributed by atoms with van der Waals surface area (Å²) in [5, 5.41) is 9.56. The number of carbonyl (C=O) groups excluding carboxylic acids is 1. The minimum absolute atomic E-state index is 0.119. The molecule has 0 saturated carbocycles. The van der Waals surface area contributed by atoms with E-state index in [0.29, 0.717) is 0 Å². The van der Waals surface area contributed by atoms with E-state index in [0.717, 1.165) is 19.2 Å². The number of carbonyl (C=O) groups is 1. The van der Waals surface area contributed by atoms with Crippen LogP contribution in [0.25, 0.3) is 0 Å². The fourth-order valence-electron chi connectivity index (χ4n) is 1.61. The van der Waals surface area contributed by atoms with E-state index in [1.165, 1.54) is 12.1 Å². The number of halogens is 3. The van der Waals surface area contributed by atoms with Crippen LogP contribution in [0.15, 0.2) is 28.7 Å². The first-order valence-electron chi connectivity index (χ1n) is 5.44. The lowest BCUT2D eigenvalue weighted by molar-refractivity contribution is 0.0558. The number of benzene rings is 1. The second-order valence-corrected chi connectivity index (χ2v) is 4.29. The van der Waals surface area contributed by atoms with Gasteiger partial charge in [0.15, 0.2) is 0 Å². The first-order valence-corrected chi connectivity index (χ1v) is 5.82. The lowest BCUT2D eigenvalue weighted by atomic mass is 10.1. The average Bonchev–Trinajstić information content (AvgIpc) is 2.91. The number of rotatable bonds is 3. The van der Waals surface area contributed by atoms with Crippen LogP contribution in [-0.2, 0) is 4.74 Å². The van der Waals surface area contributed by atoms with Gasteiger partial charge >= 0.3 is 5.97 Å². The Labute approximate surface area is 117 Å². The van der Waals surface area contributed by atoms with Crippen LogP contribution in [0.2, 0.25) is 5.02 Å². The third-order valence-corrected chi connectivity index (χ3v) is 2.91. The van der Waals surface area contributed by atoms with Crippen LogP contribution in [-0.4, -0.2) is 18.2 Å². The Balaban J connectivity index is 2.36. The molecule has 1 aromatic carbocycles. The first-order chi connectivity index (χ1) is 9.43. The molecule has 0 saturated heterocycles. The molecular formula is C13H9ClF2O4. The third kappa shape index (κ3) is 2.66. The fourth-order valence-corrected chi connectivity index (χ4v) is 1.76. The van der Waals surface area contributed by atoms with Crippen molar-refractivity contribution in [2.75, 3.05) is 7.11 Å². The monoisotopic (exact) mass is 302 g/mol. The number of hydrogen-bond acceptors (Lipinski definition) is 4. The molecular weight excluding hydrogens is 294 g/mol. The van der Waals surface area contributed by atoms with Gasteiger partial charge in [-0.3, -0.25) is 0 Å². The zero-order valence-corrected chi connectivity index (χ0v) is 10.9. The Morgan fingerprint density at radius 3 is 2.70 bits per heavy atom. The summed E-state index contributed by atoms with van der Waals surface area (Å²) in [5.41, 5.74) is -0.349. The highest BCUT2D eigenvalue weighted by molar-refractivity contribution is 6.30. The van der Waals surface area contributed by atoms with Crippen molar-refractivity contribution < 1.29 is 27.8 Å². The summed E-state index contributed by atoms with van der Waals surface area (Å²) in [7, 11) is 1.16. The van der Waals surface area contributed by atoms with Gasteiger partial charge in [0.2, 0.25) is 5.76 Å². The molecule has 106 valence electrons. The van der Waals surface area contributed by atoms with Gasteiger partial charge in [-0.25, -0.2) is 13.6 Å². The molecule has 1 N–H and O–H groups in total. The van der Waals surface area contributed by atoms with E-state index in [1.807, 2.05) is 0 Å². The summed E-state index contributed by atoms with van der Waals surface area (Å²) in [6.07, 6.45) is -1.57.